The molecule has 0 saturated carbocycles. The molecule has 0 bridgehead atoms. The average Bonchev–Trinajstić information content (AvgIpc) is 2.05. The molecular formula is C10H13O2. The lowest BCUT2D eigenvalue weighted by Gasteiger charge is -2.04. The van der Waals surface area contributed by atoms with Crippen molar-refractivity contribution in [1.82, 2.24) is 0 Å². The number of rotatable bonds is 3. The predicted octanol–water partition coefficient (Wildman–Crippen LogP) is 2.16. The summed E-state index contributed by atoms with van der Waals surface area (Å²) in [6.07, 6.45) is 1.05. The fourth-order valence-electron chi connectivity index (χ4n) is 1.04. The minimum Gasteiger partial charge on any atom is -0.497 e. The summed E-state index contributed by atoms with van der Waals surface area (Å²) in [6.45, 7) is 1.70. The minimum atomic E-state index is 0.431. The van der Waals surface area contributed by atoms with Gasteiger partial charge in [0.2, 0.25) is 0 Å². The molecule has 0 aliphatic rings. The van der Waals surface area contributed by atoms with E-state index in [4.69, 9.17) is 9.84 Å². The standard InChI is InChI=1S/C10H13O2/c1-8(11)7-9-3-5-10(12-2)6-4-9/h3-6,11H,7H2,1-2H3. The van der Waals surface area contributed by atoms with Crippen molar-refractivity contribution in [2.45, 2.75) is 13.3 Å². The van der Waals surface area contributed by atoms with Gasteiger partial charge in [0.05, 0.1) is 13.2 Å². The number of benzene rings is 1. The summed E-state index contributed by atoms with van der Waals surface area (Å²) in [4.78, 5) is 0. The van der Waals surface area contributed by atoms with E-state index in [2.05, 4.69) is 0 Å². The quantitative estimate of drug-likeness (QED) is 0.743. The van der Waals surface area contributed by atoms with Gasteiger partial charge >= 0.3 is 0 Å². The summed E-state index contributed by atoms with van der Waals surface area (Å²) in [5.41, 5.74) is 1.09. The summed E-state index contributed by atoms with van der Waals surface area (Å²) in [7, 11) is 1.64. The zero-order valence-corrected chi connectivity index (χ0v) is 7.37. The Labute approximate surface area is 72.8 Å². The van der Waals surface area contributed by atoms with Crippen molar-refractivity contribution in [2.24, 2.45) is 0 Å². The first-order valence-electron chi connectivity index (χ1n) is 3.86. The predicted molar refractivity (Wildman–Crippen MR) is 47.6 cm³/mol. The molecule has 0 saturated heterocycles. The summed E-state index contributed by atoms with van der Waals surface area (Å²) >= 11 is 0. The highest BCUT2D eigenvalue weighted by atomic mass is 16.5. The third-order valence-corrected chi connectivity index (χ3v) is 1.62. The molecule has 0 aromatic heterocycles. The molecule has 1 aromatic carbocycles. The second-order valence-electron chi connectivity index (χ2n) is 2.76. The zero-order chi connectivity index (χ0) is 8.97. The number of ether oxygens (including phenoxy) is 1. The number of hydrogen-bond donors (Lipinski definition) is 1. The first-order chi connectivity index (χ1) is 5.72. The van der Waals surface area contributed by atoms with Gasteiger partial charge in [-0.15, -0.1) is 0 Å². The van der Waals surface area contributed by atoms with E-state index in [-0.39, 0.29) is 0 Å². The Balaban J connectivity index is 2.65. The molecule has 0 unspecified atom stereocenters. The molecule has 1 rings (SSSR count). The Morgan fingerprint density at radius 2 is 1.92 bits per heavy atom. The molecule has 1 aromatic rings. The van der Waals surface area contributed by atoms with Crippen molar-refractivity contribution < 1.29 is 9.84 Å². The molecule has 0 fully saturated rings. The van der Waals surface area contributed by atoms with Gasteiger partial charge in [-0.2, -0.15) is 0 Å². The topological polar surface area (TPSA) is 29.5 Å². The van der Waals surface area contributed by atoms with Crippen LogP contribution in [0.25, 0.3) is 0 Å². The number of hydrogen-bond acceptors (Lipinski definition) is 2. The van der Waals surface area contributed by atoms with Crippen LogP contribution >= 0.6 is 0 Å². The molecule has 65 valence electrons. The van der Waals surface area contributed by atoms with Gasteiger partial charge in [-0.1, -0.05) is 12.1 Å². The lowest BCUT2D eigenvalue weighted by atomic mass is 10.1. The van der Waals surface area contributed by atoms with Crippen LogP contribution in [0.4, 0.5) is 0 Å². The summed E-state index contributed by atoms with van der Waals surface area (Å²) in [6, 6.07) is 7.66. The maximum Gasteiger partial charge on any atom is 0.118 e. The molecule has 1 radical (unpaired) electrons. The second kappa shape index (κ2) is 4.12. The molecule has 0 atom stereocenters. The number of methoxy groups -OCH3 is 1. The molecule has 12 heavy (non-hydrogen) atoms. The molecule has 0 spiro atoms. The van der Waals surface area contributed by atoms with Crippen molar-refractivity contribution >= 4 is 0 Å². The van der Waals surface area contributed by atoms with Crippen molar-refractivity contribution in [3.8, 4) is 5.75 Å². The molecular weight excluding hydrogens is 152 g/mol. The minimum absolute atomic E-state index is 0.431. The normalized spacial score (nSPS) is 10.3. The van der Waals surface area contributed by atoms with Crippen LogP contribution in [0, 0.1) is 6.10 Å². The molecule has 0 aliphatic heterocycles. The van der Waals surface area contributed by atoms with Crippen LogP contribution in [0.15, 0.2) is 24.3 Å². The van der Waals surface area contributed by atoms with Gasteiger partial charge in [0.1, 0.15) is 5.75 Å². The largest absolute Gasteiger partial charge is 0.497 e. The molecule has 0 aliphatic carbocycles. The Morgan fingerprint density at radius 1 is 1.33 bits per heavy atom. The molecule has 2 heteroatoms. The van der Waals surface area contributed by atoms with E-state index in [9.17, 15) is 0 Å². The lowest BCUT2D eigenvalue weighted by Crippen LogP contribution is -1.94. The Morgan fingerprint density at radius 3 is 2.33 bits per heavy atom. The third kappa shape index (κ3) is 2.55. The van der Waals surface area contributed by atoms with E-state index in [1.807, 2.05) is 24.3 Å². The zero-order valence-electron chi connectivity index (χ0n) is 7.37. The van der Waals surface area contributed by atoms with Gasteiger partial charge in [-0.25, -0.2) is 0 Å². The Kier molecular flexibility index (Phi) is 3.11. The van der Waals surface area contributed by atoms with Crippen molar-refractivity contribution in [3.63, 3.8) is 0 Å². The van der Waals surface area contributed by atoms with Crippen LogP contribution in [-0.4, -0.2) is 12.2 Å². The van der Waals surface area contributed by atoms with E-state index in [1.165, 1.54) is 0 Å². The lowest BCUT2D eigenvalue weighted by molar-refractivity contribution is 0.307. The van der Waals surface area contributed by atoms with Gasteiger partial charge in [-0.3, -0.25) is 0 Å². The highest BCUT2D eigenvalue weighted by molar-refractivity contribution is 5.28. The van der Waals surface area contributed by atoms with Crippen LogP contribution in [0.5, 0.6) is 5.75 Å². The smallest absolute Gasteiger partial charge is 0.118 e. The molecule has 0 amide bonds. The van der Waals surface area contributed by atoms with Crippen LogP contribution in [0.2, 0.25) is 0 Å². The Hall–Kier alpha value is -1.02. The fraction of sp³-hybridized carbons (Fsp3) is 0.300. The number of aliphatic hydroxyl groups is 1. The SMILES string of the molecule is COc1ccc(C[C](C)O)cc1. The molecule has 2 nitrogen and oxygen atoms in total. The highest BCUT2D eigenvalue weighted by Gasteiger charge is 1.99. The van der Waals surface area contributed by atoms with E-state index >= 15 is 0 Å². The van der Waals surface area contributed by atoms with Crippen molar-refractivity contribution in [2.75, 3.05) is 7.11 Å². The van der Waals surface area contributed by atoms with Crippen LogP contribution in [-0.2, 0) is 6.42 Å². The summed E-state index contributed by atoms with van der Waals surface area (Å²) in [5.74, 6) is 0.842. The first-order valence-corrected chi connectivity index (χ1v) is 3.86. The summed E-state index contributed by atoms with van der Waals surface area (Å²) < 4.78 is 5.00. The number of aliphatic hydroxyl groups excluding tert-OH is 1. The van der Waals surface area contributed by atoms with E-state index in [0.29, 0.717) is 12.5 Å². The average molecular weight is 165 g/mol. The van der Waals surface area contributed by atoms with Crippen molar-refractivity contribution in [1.29, 1.82) is 0 Å². The molecule has 1 N–H and O–H groups in total. The highest BCUT2D eigenvalue weighted by Crippen LogP contribution is 2.13. The monoisotopic (exact) mass is 165 g/mol. The third-order valence-electron chi connectivity index (χ3n) is 1.62. The maximum atomic E-state index is 9.02. The van der Waals surface area contributed by atoms with Gasteiger partial charge in [0.15, 0.2) is 0 Å². The fourth-order valence-corrected chi connectivity index (χ4v) is 1.04. The Bertz CT molecular complexity index is 226. The van der Waals surface area contributed by atoms with E-state index in [1.54, 1.807) is 14.0 Å². The van der Waals surface area contributed by atoms with Gasteiger partial charge < -0.3 is 9.84 Å². The van der Waals surface area contributed by atoms with Gasteiger partial charge in [-0.05, 0) is 24.6 Å². The van der Waals surface area contributed by atoms with Crippen molar-refractivity contribution in [3.05, 3.63) is 35.9 Å². The molecule has 0 heterocycles. The van der Waals surface area contributed by atoms with Gasteiger partial charge in [0.25, 0.3) is 0 Å². The second-order valence-corrected chi connectivity index (χ2v) is 2.76. The first kappa shape index (κ1) is 9.07. The van der Waals surface area contributed by atoms with E-state index < -0.39 is 0 Å². The van der Waals surface area contributed by atoms with Crippen LogP contribution in [0.3, 0.4) is 0 Å². The maximum absolute atomic E-state index is 9.02. The van der Waals surface area contributed by atoms with Crippen LogP contribution in [0.1, 0.15) is 12.5 Å². The summed E-state index contributed by atoms with van der Waals surface area (Å²) in [5, 5.41) is 9.02. The van der Waals surface area contributed by atoms with Gasteiger partial charge in [0, 0.05) is 6.42 Å². The van der Waals surface area contributed by atoms with Crippen LogP contribution < -0.4 is 4.74 Å². The van der Waals surface area contributed by atoms with E-state index in [0.717, 1.165) is 11.3 Å².